The Morgan fingerprint density at radius 2 is 2.15 bits per heavy atom. The Bertz CT molecular complexity index is 513. The molecule has 0 aromatic heterocycles. The Kier molecular flexibility index (Phi) is 3.87. The average Bonchev–Trinajstić information content (AvgIpc) is 2.80. The molecule has 2 unspecified atom stereocenters. The van der Waals surface area contributed by atoms with Gasteiger partial charge in [-0.3, -0.25) is 4.79 Å². The molecule has 0 radical (unpaired) electrons. The Morgan fingerprint density at radius 1 is 1.35 bits per heavy atom. The largest absolute Gasteiger partial charge is 0.346 e. The predicted octanol–water partition coefficient (Wildman–Crippen LogP) is 3.07. The molecule has 4 heteroatoms. The third kappa shape index (κ3) is 2.63. The Morgan fingerprint density at radius 3 is 2.70 bits per heavy atom. The maximum atomic E-state index is 12.5. The van der Waals surface area contributed by atoms with Gasteiger partial charge in [-0.2, -0.15) is 0 Å². The van der Waals surface area contributed by atoms with E-state index in [-0.39, 0.29) is 23.4 Å². The van der Waals surface area contributed by atoms with E-state index in [1.54, 1.807) is 0 Å². The highest BCUT2D eigenvalue weighted by Crippen LogP contribution is 2.42. The van der Waals surface area contributed by atoms with Gasteiger partial charge in [-0.15, -0.1) is 0 Å². The van der Waals surface area contributed by atoms with Crippen LogP contribution in [0.25, 0.3) is 0 Å². The van der Waals surface area contributed by atoms with Gasteiger partial charge in [-0.1, -0.05) is 28.1 Å². The van der Waals surface area contributed by atoms with Crippen LogP contribution >= 0.6 is 15.9 Å². The minimum absolute atomic E-state index is 0.106. The summed E-state index contributed by atoms with van der Waals surface area (Å²) in [7, 11) is 0. The summed E-state index contributed by atoms with van der Waals surface area (Å²) >= 11 is 3.52. The third-order valence-corrected chi connectivity index (χ3v) is 5.28. The number of carbonyl (C=O) groups is 1. The van der Waals surface area contributed by atoms with Crippen molar-refractivity contribution >= 4 is 21.8 Å². The van der Waals surface area contributed by atoms with Gasteiger partial charge in [0.25, 0.3) is 0 Å². The first-order chi connectivity index (χ1) is 9.59. The lowest BCUT2D eigenvalue weighted by Crippen LogP contribution is -2.52. The topological polar surface area (TPSA) is 55.1 Å². The van der Waals surface area contributed by atoms with Gasteiger partial charge in [0.1, 0.15) is 0 Å². The summed E-state index contributed by atoms with van der Waals surface area (Å²) in [6.45, 7) is 0. The molecule has 2 aliphatic rings. The van der Waals surface area contributed by atoms with Crippen molar-refractivity contribution in [2.24, 2.45) is 11.7 Å². The first-order valence-electron chi connectivity index (χ1n) is 7.43. The summed E-state index contributed by atoms with van der Waals surface area (Å²) in [5, 5.41) is 3.32. The molecule has 0 spiro atoms. The highest BCUT2D eigenvalue weighted by Gasteiger charge is 2.42. The SMILES string of the molecule is NC1CCC(C(=O)NC2(c3cccc(Br)c3)CCC2)C1. The standard InChI is InChI=1S/C16H21BrN2O/c17-13-4-1-3-12(10-13)16(7-2-8-16)19-15(20)11-5-6-14(18)9-11/h1,3-4,10-11,14H,2,5-9,18H2,(H,19,20). The van der Waals surface area contributed by atoms with Gasteiger partial charge in [-0.25, -0.2) is 0 Å². The van der Waals surface area contributed by atoms with E-state index in [0.717, 1.165) is 36.6 Å². The third-order valence-electron chi connectivity index (χ3n) is 4.79. The number of amides is 1. The van der Waals surface area contributed by atoms with Gasteiger partial charge in [0.2, 0.25) is 5.91 Å². The number of rotatable bonds is 3. The lowest BCUT2D eigenvalue weighted by molar-refractivity contribution is -0.128. The van der Waals surface area contributed by atoms with Crippen LogP contribution in [0.5, 0.6) is 0 Å². The quantitative estimate of drug-likeness (QED) is 0.891. The van der Waals surface area contributed by atoms with Crippen LogP contribution < -0.4 is 11.1 Å². The zero-order valence-electron chi connectivity index (χ0n) is 11.6. The monoisotopic (exact) mass is 336 g/mol. The molecule has 108 valence electrons. The van der Waals surface area contributed by atoms with Crippen molar-refractivity contribution in [3.05, 3.63) is 34.3 Å². The van der Waals surface area contributed by atoms with Crippen LogP contribution in [0.2, 0.25) is 0 Å². The molecule has 3 nitrogen and oxygen atoms in total. The second-order valence-electron chi connectivity index (χ2n) is 6.21. The molecule has 0 bridgehead atoms. The van der Waals surface area contributed by atoms with Crippen molar-refractivity contribution in [3.8, 4) is 0 Å². The summed E-state index contributed by atoms with van der Waals surface area (Å²) in [5.74, 6) is 0.298. The lowest BCUT2D eigenvalue weighted by Gasteiger charge is -2.43. The second-order valence-corrected chi connectivity index (χ2v) is 7.12. The van der Waals surface area contributed by atoms with E-state index in [9.17, 15) is 4.79 Å². The van der Waals surface area contributed by atoms with Gasteiger partial charge < -0.3 is 11.1 Å². The summed E-state index contributed by atoms with van der Waals surface area (Å²) in [5.41, 5.74) is 6.99. The number of hydrogen-bond acceptors (Lipinski definition) is 2. The molecule has 1 aromatic carbocycles. The fraction of sp³-hybridized carbons (Fsp3) is 0.562. The van der Waals surface area contributed by atoms with Gasteiger partial charge in [0, 0.05) is 16.4 Å². The van der Waals surface area contributed by atoms with E-state index in [2.05, 4.69) is 33.4 Å². The maximum Gasteiger partial charge on any atom is 0.223 e. The molecule has 0 saturated heterocycles. The zero-order chi connectivity index (χ0) is 14.2. The van der Waals surface area contributed by atoms with E-state index in [1.807, 2.05) is 12.1 Å². The maximum absolute atomic E-state index is 12.5. The summed E-state index contributed by atoms with van der Waals surface area (Å²) < 4.78 is 1.07. The molecule has 1 aromatic rings. The van der Waals surface area contributed by atoms with Crippen LogP contribution in [0.1, 0.15) is 44.1 Å². The van der Waals surface area contributed by atoms with Crippen LogP contribution in [0, 0.1) is 5.92 Å². The summed E-state index contributed by atoms with van der Waals surface area (Å²) in [6.07, 6.45) is 5.99. The molecule has 2 saturated carbocycles. The predicted molar refractivity (Wildman–Crippen MR) is 83.1 cm³/mol. The van der Waals surface area contributed by atoms with Crippen LogP contribution in [0.15, 0.2) is 28.7 Å². The van der Waals surface area contributed by atoms with Crippen LogP contribution in [0.4, 0.5) is 0 Å². The number of halogens is 1. The molecule has 1 amide bonds. The number of nitrogens with one attached hydrogen (secondary N) is 1. The minimum atomic E-state index is -0.145. The average molecular weight is 337 g/mol. The minimum Gasteiger partial charge on any atom is -0.346 e. The van der Waals surface area contributed by atoms with Crippen LogP contribution in [0.3, 0.4) is 0 Å². The van der Waals surface area contributed by atoms with Gasteiger partial charge >= 0.3 is 0 Å². The van der Waals surface area contributed by atoms with Crippen molar-refractivity contribution in [1.82, 2.24) is 5.32 Å². The molecule has 0 heterocycles. The van der Waals surface area contributed by atoms with Gasteiger partial charge in [-0.05, 0) is 56.2 Å². The number of nitrogens with two attached hydrogens (primary N) is 1. The fourth-order valence-corrected chi connectivity index (χ4v) is 3.79. The van der Waals surface area contributed by atoms with Crippen molar-refractivity contribution in [3.63, 3.8) is 0 Å². The lowest BCUT2D eigenvalue weighted by atomic mass is 9.71. The van der Waals surface area contributed by atoms with Crippen LogP contribution in [-0.4, -0.2) is 11.9 Å². The molecule has 2 fully saturated rings. The van der Waals surface area contributed by atoms with E-state index < -0.39 is 0 Å². The number of hydrogen-bond donors (Lipinski definition) is 2. The Balaban J connectivity index is 1.75. The molecular weight excluding hydrogens is 316 g/mol. The smallest absolute Gasteiger partial charge is 0.223 e. The fourth-order valence-electron chi connectivity index (χ4n) is 3.39. The number of benzene rings is 1. The highest BCUT2D eigenvalue weighted by molar-refractivity contribution is 9.10. The summed E-state index contributed by atoms with van der Waals surface area (Å²) in [6, 6.07) is 8.50. The van der Waals surface area contributed by atoms with E-state index in [4.69, 9.17) is 5.73 Å². The molecule has 0 aliphatic heterocycles. The van der Waals surface area contributed by atoms with E-state index in [1.165, 1.54) is 12.0 Å². The Hall–Kier alpha value is -0.870. The van der Waals surface area contributed by atoms with Gasteiger partial charge in [0.05, 0.1) is 5.54 Å². The van der Waals surface area contributed by atoms with Crippen molar-refractivity contribution < 1.29 is 4.79 Å². The molecule has 2 aliphatic carbocycles. The molecule has 2 atom stereocenters. The van der Waals surface area contributed by atoms with E-state index >= 15 is 0 Å². The Labute approximate surface area is 128 Å². The van der Waals surface area contributed by atoms with E-state index in [0.29, 0.717) is 0 Å². The molecule has 20 heavy (non-hydrogen) atoms. The highest BCUT2D eigenvalue weighted by atomic mass is 79.9. The van der Waals surface area contributed by atoms with Crippen molar-refractivity contribution in [2.75, 3.05) is 0 Å². The number of carbonyl (C=O) groups excluding carboxylic acids is 1. The molecule has 3 rings (SSSR count). The zero-order valence-corrected chi connectivity index (χ0v) is 13.2. The summed E-state index contributed by atoms with van der Waals surface area (Å²) in [4.78, 5) is 12.5. The second kappa shape index (κ2) is 5.49. The first kappa shape index (κ1) is 14.1. The normalized spacial score (nSPS) is 27.9. The van der Waals surface area contributed by atoms with Crippen molar-refractivity contribution in [1.29, 1.82) is 0 Å². The van der Waals surface area contributed by atoms with Crippen LogP contribution in [-0.2, 0) is 10.3 Å². The molecule has 3 N–H and O–H groups in total. The van der Waals surface area contributed by atoms with Gasteiger partial charge in [0.15, 0.2) is 0 Å². The van der Waals surface area contributed by atoms with Crippen molar-refractivity contribution in [2.45, 2.75) is 50.1 Å². The molecular formula is C16H21BrN2O. The first-order valence-corrected chi connectivity index (χ1v) is 8.22.